The predicted octanol–water partition coefficient (Wildman–Crippen LogP) is 1.66. The summed E-state index contributed by atoms with van der Waals surface area (Å²) in [7, 11) is 2.11. The molecule has 6 heteroatoms. The highest BCUT2D eigenvalue weighted by molar-refractivity contribution is 6.06. The van der Waals surface area contributed by atoms with E-state index in [0.29, 0.717) is 22.4 Å². The van der Waals surface area contributed by atoms with Gasteiger partial charge in [0, 0.05) is 11.7 Å². The second kappa shape index (κ2) is 5.44. The van der Waals surface area contributed by atoms with Crippen molar-refractivity contribution in [1.82, 2.24) is 20.4 Å². The van der Waals surface area contributed by atoms with Crippen LogP contribution in [-0.2, 0) is 0 Å². The maximum atomic E-state index is 12.6. The Labute approximate surface area is 123 Å². The van der Waals surface area contributed by atoms with Crippen LogP contribution in [0.25, 0.3) is 11.1 Å². The molecule has 2 aromatic rings. The Bertz CT molecular complexity index is 672. The number of amides is 1. The third-order valence-electron chi connectivity index (χ3n) is 4.04. The highest BCUT2D eigenvalue weighted by atomic mass is 16.5. The molecule has 1 aliphatic rings. The Morgan fingerprint density at radius 1 is 1.38 bits per heavy atom. The van der Waals surface area contributed by atoms with E-state index in [1.807, 2.05) is 13.8 Å². The number of carbonyl (C=O) groups excluding carboxylic acids is 1. The molecule has 1 saturated heterocycles. The van der Waals surface area contributed by atoms with Crippen LogP contribution in [-0.4, -0.2) is 47.1 Å². The molecule has 0 saturated carbocycles. The molecular weight excluding hydrogens is 268 g/mol. The zero-order valence-corrected chi connectivity index (χ0v) is 12.6. The summed E-state index contributed by atoms with van der Waals surface area (Å²) in [4.78, 5) is 19.1. The minimum Gasteiger partial charge on any atom is -0.349 e. The van der Waals surface area contributed by atoms with E-state index in [1.54, 1.807) is 6.07 Å². The minimum atomic E-state index is -0.0636. The number of nitrogens with zero attached hydrogens (tertiary/aromatic N) is 3. The second-order valence-electron chi connectivity index (χ2n) is 5.81. The van der Waals surface area contributed by atoms with Crippen LogP contribution in [0, 0.1) is 13.8 Å². The number of aromatic nitrogens is 2. The number of hydrogen-bond acceptors (Lipinski definition) is 5. The van der Waals surface area contributed by atoms with E-state index >= 15 is 0 Å². The molecule has 0 bridgehead atoms. The van der Waals surface area contributed by atoms with Gasteiger partial charge in [-0.05, 0) is 52.9 Å². The molecule has 6 nitrogen and oxygen atoms in total. The molecule has 1 N–H and O–H groups in total. The zero-order chi connectivity index (χ0) is 15.0. The number of fused-ring (bicyclic) bond motifs is 1. The van der Waals surface area contributed by atoms with Gasteiger partial charge in [0.1, 0.15) is 0 Å². The van der Waals surface area contributed by atoms with E-state index in [2.05, 4.69) is 27.4 Å². The summed E-state index contributed by atoms with van der Waals surface area (Å²) in [6, 6.07) is 2.04. The highest BCUT2D eigenvalue weighted by Crippen LogP contribution is 2.22. The molecule has 0 atom stereocenters. The largest absolute Gasteiger partial charge is 0.349 e. The van der Waals surface area contributed by atoms with Crippen molar-refractivity contribution in [2.24, 2.45) is 0 Å². The number of rotatable bonds is 2. The molecule has 0 spiro atoms. The standard InChI is InChI=1S/C15H20N4O2/c1-9-8-12(13-10(2)18-21-15(13)16-9)14(20)17-11-4-6-19(3)7-5-11/h8,11H,4-7H2,1-3H3,(H,17,20). The molecule has 1 amide bonds. The van der Waals surface area contributed by atoms with Gasteiger partial charge in [0.15, 0.2) is 0 Å². The van der Waals surface area contributed by atoms with Crippen LogP contribution in [0.2, 0.25) is 0 Å². The van der Waals surface area contributed by atoms with Crippen molar-refractivity contribution in [3.05, 3.63) is 23.0 Å². The summed E-state index contributed by atoms with van der Waals surface area (Å²) >= 11 is 0. The van der Waals surface area contributed by atoms with Crippen molar-refractivity contribution in [3.63, 3.8) is 0 Å². The van der Waals surface area contributed by atoms with Gasteiger partial charge in [-0.15, -0.1) is 0 Å². The predicted molar refractivity (Wildman–Crippen MR) is 79.3 cm³/mol. The SMILES string of the molecule is Cc1cc(C(=O)NC2CCN(C)CC2)c2c(C)noc2n1. The number of likely N-dealkylation sites (tertiary alicyclic amines) is 1. The molecular formula is C15H20N4O2. The minimum absolute atomic E-state index is 0.0636. The number of carbonyl (C=O) groups is 1. The molecule has 0 aromatic carbocycles. The smallest absolute Gasteiger partial charge is 0.258 e. The van der Waals surface area contributed by atoms with Crippen molar-refractivity contribution in [3.8, 4) is 0 Å². The molecule has 3 heterocycles. The molecule has 1 fully saturated rings. The van der Waals surface area contributed by atoms with Crippen LogP contribution in [0.15, 0.2) is 10.6 Å². The lowest BCUT2D eigenvalue weighted by atomic mass is 10.0. The van der Waals surface area contributed by atoms with Gasteiger partial charge in [0.25, 0.3) is 11.6 Å². The van der Waals surface area contributed by atoms with E-state index in [1.165, 1.54) is 0 Å². The third kappa shape index (κ3) is 2.76. The first-order valence-corrected chi connectivity index (χ1v) is 7.27. The lowest BCUT2D eigenvalue weighted by molar-refractivity contribution is 0.0918. The molecule has 0 unspecified atom stereocenters. The van der Waals surface area contributed by atoms with E-state index in [-0.39, 0.29) is 11.9 Å². The number of piperidine rings is 1. The summed E-state index contributed by atoms with van der Waals surface area (Å²) in [5.41, 5.74) is 2.49. The fraction of sp³-hybridized carbons (Fsp3) is 0.533. The first-order chi connectivity index (χ1) is 10.0. The zero-order valence-electron chi connectivity index (χ0n) is 12.6. The Kier molecular flexibility index (Phi) is 3.63. The normalized spacial score (nSPS) is 17.3. The molecule has 1 aliphatic heterocycles. The Morgan fingerprint density at radius 2 is 2.10 bits per heavy atom. The van der Waals surface area contributed by atoms with Crippen LogP contribution in [0.4, 0.5) is 0 Å². The first kappa shape index (κ1) is 14.0. The lowest BCUT2D eigenvalue weighted by Gasteiger charge is -2.29. The summed E-state index contributed by atoms with van der Waals surface area (Å²) in [5, 5.41) is 7.76. The molecule has 21 heavy (non-hydrogen) atoms. The fourth-order valence-corrected chi connectivity index (χ4v) is 2.81. The van der Waals surface area contributed by atoms with Crippen molar-refractivity contribution in [2.75, 3.05) is 20.1 Å². The topological polar surface area (TPSA) is 71.3 Å². The summed E-state index contributed by atoms with van der Waals surface area (Å²) in [6.07, 6.45) is 1.97. The van der Waals surface area contributed by atoms with Crippen molar-refractivity contribution >= 4 is 17.0 Å². The summed E-state index contributed by atoms with van der Waals surface area (Å²) in [5.74, 6) is -0.0636. The van der Waals surface area contributed by atoms with E-state index in [0.717, 1.165) is 31.6 Å². The Hall–Kier alpha value is -1.95. The maximum absolute atomic E-state index is 12.6. The molecule has 2 aromatic heterocycles. The number of aryl methyl sites for hydroxylation is 2. The van der Waals surface area contributed by atoms with Crippen molar-refractivity contribution in [2.45, 2.75) is 32.7 Å². The molecule has 0 aliphatic carbocycles. The monoisotopic (exact) mass is 288 g/mol. The van der Waals surface area contributed by atoms with Crippen LogP contribution >= 0.6 is 0 Å². The summed E-state index contributed by atoms with van der Waals surface area (Å²) in [6.45, 7) is 5.71. The van der Waals surface area contributed by atoms with Gasteiger partial charge in [-0.1, -0.05) is 5.16 Å². The molecule has 3 rings (SSSR count). The van der Waals surface area contributed by atoms with Gasteiger partial charge in [0.05, 0.1) is 16.6 Å². The third-order valence-corrected chi connectivity index (χ3v) is 4.04. The van der Waals surface area contributed by atoms with E-state index in [4.69, 9.17) is 4.52 Å². The fourth-order valence-electron chi connectivity index (χ4n) is 2.81. The average Bonchev–Trinajstić information content (AvgIpc) is 2.82. The van der Waals surface area contributed by atoms with Gasteiger partial charge >= 0.3 is 0 Å². The van der Waals surface area contributed by atoms with Crippen LogP contribution in [0.3, 0.4) is 0 Å². The average molecular weight is 288 g/mol. The maximum Gasteiger partial charge on any atom is 0.258 e. The van der Waals surface area contributed by atoms with Gasteiger partial charge in [-0.3, -0.25) is 4.79 Å². The van der Waals surface area contributed by atoms with Gasteiger partial charge in [0.2, 0.25) is 0 Å². The van der Waals surface area contributed by atoms with Crippen LogP contribution in [0.5, 0.6) is 0 Å². The van der Waals surface area contributed by atoms with Gasteiger partial charge < -0.3 is 14.7 Å². The quantitative estimate of drug-likeness (QED) is 0.910. The number of pyridine rings is 1. The highest BCUT2D eigenvalue weighted by Gasteiger charge is 2.22. The number of hydrogen-bond donors (Lipinski definition) is 1. The van der Waals surface area contributed by atoms with E-state index in [9.17, 15) is 4.79 Å². The van der Waals surface area contributed by atoms with Crippen LogP contribution in [0.1, 0.15) is 34.6 Å². The first-order valence-electron chi connectivity index (χ1n) is 7.27. The molecule has 0 radical (unpaired) electrons. The lowest BCUT2D eigenvalue weighted by Crippen LogP contribution is -2.43. The van der Waals surface area contributed by atoms with Crippen molar-refractivity contribution in [1.29, 1.82) is 0 Å². The number of nitrogens with one attached hydrogen (secondary N) is 1. The van der Waals surface area contributed by atoms with Crippen molar-refractivity contribution < 1.29 is 9.32 Å². The Morgan fingerprint density at radius 3 is 2.81 bits per heavy atom. The van der Waals surface area contributed by atoms with E-state index < -0.39 is 0 Å². The molecule has 112 valence electrons. The van der Waals surface area contributed by atoms with Gasteiger partial charge in [-0.25, -0.2) is 4.98 Å². The summed E-state index contributed by atoms with van der Waals surface area (Å²) < 4.78 is 5.18. The van der Waals surface area contributed by atoms with Gasteiger partial charge in [-0.2, -0.15) is 0 Å². The van der Waals surface area contributed by atoms with Crippen LogP contribution < -0.4 is 5.32 Å². The second-order valence-corrected chi connectivity index (χ2v) is 5.81. The Balaban J connectivity index is 1.86.